The number of ketones is 1. The molecule has 3 aromatic rings. The SMILES string of the molecule is CCOc1ccc(/C(O)=C2/C(=O)C(=O)N(c3ccc(C)cc3)C2c2ccccc2)cc1C(C)C. The van der Waals surface area contributed by atoms with Crippen LogP contribution in [0.1, 0.15) is 55.0 Å². The minimum atomic E-state index is -0.738. The Morgan fingerprint density at radius 2 is 1.68 bits per heavy atom. The van der Waals surface area contributed by atoms with Crippen LogP contribution in [0.15, 0.2) is 78.4 Å². The van der Waals surface area contributed by atoms with E-state index in [0.717, 1.165) is 22.4 Å². The van der Waals surface area contributed by atoms with Crippen molar-refractivity contribution in [1.82, 2.24) is 0 Å². The zero-order valence-corrected chi connectivity index (χ0v) is 19.9. The van der Waals surface area contributed by atoms with Crippen molar-refractivity contribution in [2.24, 2.45) is 0 Å². The van der Waals surface area contributed by atoms with E-state index in [0.29, 0.717) is 17.9 Å². The normalized spacial score (nSPS) is 17.4. The van der Waals surface area contributed by atoms with Crippen LogP contribution in [0.25, 0.3) is 5.76 Å². The summed E-state index contributed by atoms with van der Waals surface area (Å²) in [7, 11) is 0. The first kappa shape index (κ1) is 23.3. The Hall–Kier alpha value is -3.86. The van der Waals surface area contributed by atoms with Gasteiger partial charge in [-0.2, -0.15) is 0 Å². The lowest BCUT2D eigenvalue weighted by Gasteiger charge is -2.25. The Labute approximate surface area is 200 Å². The molecule has 0 spiro atoms. The standard InChI is InChI=1S/C29H29NO4/c1-5-34-24-16-13-21(17-23(24)18(2)3)27(31)25-26(20-9-7-6-8-10-20)30(29(33)28(25)32)22-14-11-19(4)12-15-22/h6-18,26,31H,5H2,1-4H3/b27-25-. The number of benzene rings is 3. The molecular formula is C29H29NO4. The van der Waals surface area contributed by atoms with E-state index >= 15 is 0 Å². The van der Waals surface area contributed by atoms with Crippen LogP contribution in [-0.4, -0.2) is 23.4 Å². The number of amides is 1. The van der Waals surface area contributed by atoms with Crippen molar-refractivity contribution in [2.45, 2.75) is 39.7 Å². The molecule has 1 aliphatic heterocycles. The molecule has 34 heavy (non-hydrogen) atoms. The zero-order chi connectivity index (χ0) is 24.4. The summed E-state index contributed by atoms with van der Waals surface area (Å²) < 4.78 is 5.74. The fourth-order valence-electron chi connectivity index (χ4n) is 4.34. The molecule has 1 atom stereocenters. The van der Waals surface area contributed by atoms with Crippen LogP contribution >= 0.6 is 0 Å². The highest BCUT2D eigenvalue weighted by molar-refractivity contribution is 6.51. The van der Waals surface area contributed by atoms with Gasteiger partial charge in [0.25, 0.3) is 11.7 Å². The number of aliphatic hydroxyl groups is 1. The van der Waals surface area contributed by atoms with Crippen molar-refractivity contribution in [3.63, 3.8) is 0 Å². The molecule has 1 amide bonds. The maximum absolute atomic E-state index is 13.3. The van der Waals surface area contributed by atoms with Crippen LogP contribution < -0.4 is 9.64 Å². The van der Waals surface area contributed by atoms with Gasteiger partial charge in [0.1, 0.15) is 11.5 Å². The number of hydrogen-bond acceptors (Lipinski definition) is 4. The van der Waals surface area contributed by atoms with Crippen LogP contribution in [0.4, 0.5) is 5.69 Å². The van der Waals surface area contributed by atoms with Gasteiger partial charge in [-0.25, -0.2) is 0 Å². The van der Waals surface area contributed by atoms with Crippen molar-refractivity contribution < 1.29 is 19.4 Å². The maximum Gasteiger partial charge on any atom is 0.300 e. The third-order valence-electron chi connectivity index (χ3n) is 6.08. The average molecular weight is 456 g/mol. The molecule has 1 fully saturated rings. The van der Waals surface area contributed by atoms with Crippen LogP contribution in [-0.2, 0) is 9.59 Å². The van der Waals surface area contributed by atoms with Crippen molar-refractivity contribution in [1.29, 1.82) is 0 Å². The largest absolute Gasteiger partial charge is 0.507 e. The van der Waals surface area contributed by atoms with Gasteiger partial charge >= 0.3 is 0 Å². The van der Waals surface area contributed by atoms with E-state index in [9.17, 15) is 14.7 Å². The van der Waals surface area contributed by atoms with Gasteiger partial charge in [-0.05, 0) is 61.2 Å². The Morgan fingerprint density at radius 1 is 1.00 bits per heavy atom. The number of aryl methyl sites for hydroxylation is 1. The van der Waals surface area contributed by atoms with E-state index in [4.69, 9.17) is 4.74 Å². The lowest BCUT2D eigenvalue weighted by molar-refractivity contribution is -0.132. The summed E-state index contributed by atoms with van der Waals surface area (Å²) in [5.74, 6) is -0.657. The summed E-state index contributed by atoms with van der Waals surface area (Å²) in [5, 5.41) is 11.4. The smallest absolute Gasteiger partial charge is 0.300 e. The third-order valence-corrected chi connectivity index (χ3v) is 6.08. The fraction of sp³-hybridized carbons (Fsp3) is 0.241. The van der Waals surface area contributed by atoms with Gasteiger partial charge in [-0.15, -0.1) is 0 Å². The van der Waals surface area contributed by atoms with Gasteiger partial charge in [0.2, 0.25) is 0 Å². The molecular weight excluding hydrogens is 426 g/mol. The van der Waals surface area contributed by atoms with E-state index < -0.39 is 17.7 Å². The van der Waals surface area contributed by atoms with Gasteiger partial charge in [0.05, 0.1) is 18.2 Å². The second-order valence-corrected chi connectivity index (χ2v) is 8.76. The first-order chi connectivity index (χ1) is 16.3. The van der Waals surface area contributed by atoms with Crippen LogP contribution in [0, 0.1) is 6.92 Å². The molecule has 5 nitrogen and oxygen atoms in total. The first-order valence-corrected chi connectivity index (χ1v) is 11.5. The molecule has 0 saturated carbocycles. The molecule has 0 aliphatic carbocycles. The highest BCUT2D eigenvalue weighted by Crippen LogP contribution is 2.42. The van der Waals surface area contributed by atoms with E-state index in [1.807, 2.05) is 94.4 Å². The van der Waals surface area contributed by atoms with Crippen LogP contribution in [0.5, 0.6) is 5.75 Å². The maximum atomic E-state index is 13.3. The minimum absolute atomic E-state index is 0.0793. The number of anilines is 1. The van der Waals surface area contributed by atoms with Gasteiger partial charge in [0, 0.05) is 11.3 Å². The predicted octanol–water partition coefficient (Wildman–Crippen LogP) is 6.14. The molecule has 1 unspecified atom stereocenters. The quantitative estimate of drug-likeness (QED) is 0.275. The van der Waals surface area contributed by atoms with Crippen LogP contribution in [0.3, 0.4) is 0 Å². The molecule has 1 saturated heterocycles. The number of aliphatic hydroxyl groups excluding tert-OH is 1. The molecule has 1 heterocycles. The highest BCUT2D eigenvalue weighted by atomic mass is 16.5. The summed E-state index contributed by atoms with van der Waals surface area (Å²) in [6, 6.07) is 21.4. The zero-order valence-electron chi connectivity index (χ0n) is 19.9. The monoisotopic (exact) mass is 455 g/mol. The number of ether oxygens (including phenoxy) is 1. The van der Waals surface area contributed by atoms with Crippen molar-refractivity contribution in [2.75, 3.05) is 11.5 Å². The molecule has 5 heteroatoms. The van der Waals surface area contributed by atoms with Gasteiger partial charge in [-0.1, -0.05) is 61.9 Å². The third kappa shape index (κ3) is 4.21. The fourth-order valence-corrected chi connectivity index (χ4v) is 4.34. The Morgan fingerprint density at radius 3 is 2.29 bits per heavy atom. The molecule has 3 aromatic carbocycles. The van der Waals surface area contributed by atoms with Gasteiger partial charge < -0.3 is 9.84 Å². The highest BCUT2D eigenvalue weighted by Gasteiger charge is 2.46. The molecule has 1 N–H and O–H groups in total. The molecule has 4 rings (SSSR count). The number of hydrogen-bond donors (Lipinski definition) is 1. The molecule has 1 aliphatic rings. The van der Waals surface area contributed by atoms with E-state index in [2.05, 4.69) is 0 Å². The number of nitrogens with zero attached hydrogens (tertiary/aromatic N) is 1. The molecule has 0 aromatic heterocycles. The molecule has 0 radical (unpaired) electrons. The van der Waals surface area contributed by atoms with Gasteiger partial charge in [0.15, 0.2) is 0 Å². The van der Waals surface area contributed by atoms with E-state index in [-0.39, 0.29) is 17.3 Å². The molecule has 174 valence electrons. The summed E-state index contributed by atoms with van der Waals surface area (Å²) in [6.45, 7) is 8.50. The number of carbonyl (C=O) groups is 2. The van der Waals surface area contributed by atoms with Gasteiger partial charge in [-0.3, -0.25) is 14.5 Å². The lowest BCUT2D eigenvalue weighted by Crippen LogP contribution is -2.29. The topological polar surface area (TPSA) is 66.8 Å². The van der Waals surface area contributed by atoms with Crippen molar-refractivity contribution in [3.05, 3.63) is 101 Å². The summed E-state index contributed by atoms with van der Waals surface area (Å²) in [6.07, 6.45) is 0. The predicted molar refractivity (Wildman–Crippen MR) is 134 cm³/mol. The summed E-state index contributed by atoms with van der Waals surface area (Å²) in [4.78, 5) is 28.0. The van der Waals surface area contributed by atoms with Crippen LogP contribution in [0.2, 0.25) is 0 Å². The van der Waals surface area contributed by atoms with Crippen molar-refractivity contribution >= 4 is 23.1 Å². The molecule has 0 bridgehead atoms. The summed E-state index contributed by atoms with van der Waals surface area (Å²) in [5.41, 5.74) is 3.89. The Kier molecular flexibility index (Phi) is 6.55. The second kappa shape index (κ2) is 9.56. The lowest BCUT2D eigenvalue weighted by atomic mass is 9.93. The Bertz CT molecular complexity index is 1240. The Balaban J connectivity index is 1.91. The van der Waals surface area contributed by atoms with Crippen molar-refractivity contribution in [3.8, 4) is 5.75 Å². The first-order valence-electron chi connectivity index (χ1n) is 11.5. The minimum Gasteiger partial charge on any atom is -0.507 e. The number of Topliss-reactive ketones (excluding diaryl/α,β-unsaturated/α-hetero) is 1. The number of rotatable bonds is 6. The van der Waals surface area contributed by atoms with E-state index in [1.54, 1.807) is 6.07 Å². The summed E-state index contributed by atoms with van der Waals surface area (Å²) >= 11 is 0. The second-order valence-electron chi connectivity index (χ2n) is 8.76. The average Bonchev–Trinajstić information content (AvgIpc) is 3.10. The van der Waals surface area contributed by atoms with E-state index in [1.165, 1.54) is 4.90 Å². The number of carbonyl (C=O) groups excluding carboxylic acids is 2.